The maximum atomic E-state index is 4.78. The summed E-state index contributed by atoms with van der Waals surface area (Å²) in [4.78, 5) is 11.7. The van der Waals surface area contributed by atoms with E-state index in [0.29, 0.717) is 6.04 Å². The molecule has 3 aromatic rings. The van der Waals surface area contributed by atoms with Crippen LogP contribution in [0.15, 0.2) is 60.2 Å². The summed E-state index contributed by atoms with van der Waals surface area (Å²) in [6, 6.07) is 15.2. The van der Waals surface area contributed by atoms with Crippen LogP contribution in [-0.2, 0) is 6.54 Å². The van der Waals surface area contributed by atoms with Crippen LogP contribution < -0.4 is 5.32 Å². The Kier molecular flexibility index (Phi) is 5.13. The van der Waals surface area contributed by atoms with Crippen molar-refractivity contribution in [3.63, 3.8) is 0 Å². The monoisotopic (exact) mass is 399 g/mol. The van der Waals surface area contributed by atoms with Crippen molar-refractivity contribution in [2.75, 3.05) is 19.6 Å². The van der Waals surface area contributed by atoms with Gasteiger partial charge in [-0.25, -0.2) is 4.98 Å². The Morgan fingerprint density at radius 2 is 2.20 bits per heavy atom. The van der Waals surface area contributed by atoms with E-state index in [1.807, 2.05) is 18.5 Å². The largest absolute Gasteiger partial charge is 0.370 e. The summed E-state index contributed by atoms with van der Waals surface area (Å²) in [7, 11) is 0. The van der Waals surface area contributed by atoms with E-state index in [1.54, 1.807) is 0 Å². The average Bonchev–Trinajstić information content (AvgIpc) is 3.40. The van der Waals surface area contributed by atoms with Crippen LogP contribution >= 0.6 is 0 Å². The van der Waals surface area contributed by atoms with Crippen LogP contribution in [0, 0.1) is 5.92 Å². The highest BCUT2D eigenvalue weighted by Crippen LogP contribution is 2.30. The van der Waals surface area contributed by atoms with E-state index in [9.17, 15) is 0 Å². The molecule has 0 bridgehead atoms. The number of likely N-dealkylation sites (tertiary alicyclic amines) is 1. The number of fused-ring (bicyclic) bond motifs is 2. The zero-order chi connectivity index (χ0) is 20.5. The molecule has 154 valence electrons. The molecule has 0 unspecified atom stereocenters. The molecule has 2 fully saturated rings. The number of hydrogen-bond acceptors (Lipinski definition) is 4. The molecule has 2 saturated heterocycles. The van der Waals surface area contributed by atoms with Gasteiger partial charge in [0.25, 0.3) is 0 Å². The lowest BCUT2D eigenvalue weighted by atomic mass is 9.92. The van der Waals surface area contributed by atoms with Gasteiger partial charge in [-0.05, 0) is 68.1 Å². The van der Waals surface area contributed by atoms with Gasteiger partial charge in [-0.15, -0.1) is 0 Å². The molecule has 0 amide bonds. The number of piperidine rings is 1. The molecule has 5 rings (SSSR count). The Hall–Kier alpha value is -2.92. The molecule has 30 heavy (non-hydrogen) atoms. The van der Waals surface area contributed by atoms with E-state index >= 15 is 0 Å². The van der Waals surface area contributed by atoms with Gasteiger partial charge in [-0.1, -0.05) is 18.7 Å². The van der Waals surface area contributed by atoms with Crippen molar-refractivity contribution in [1.29, 1.82) is 0 Å². The van der Waals surface area contributed by atoms with Gasteiger partial charge in [0.1, 0.15) is 5.65 Å². The second kappa shape index (κ2) is 8.07. The Bertz CT molecular complexity index is 1100. The van der Waals surface area contributed by atoms with Crippen LogP contribution in [0.4, 0.5) is 5.69 Å². The van der Waals surface area contributed by atoms with Crippen molar-refractivity contribution in [3.05, 3.63) is 66.5 Å². The Morgan fingerprint density at radius 1 is 1.27 bits per heavy atom. The van der Waals surface area contributed by atoms with Gasteiger partial charge in [0.15, 0.2) is 0 Å². The summed E-state index contributed by atoms with van der Waals surface area (Å²) in [6.07, 6.45) is 6.36. The van der Waals surface area contributed by atoms with Gasteiger partial charge in [-0.3, -0.25) is 4.99 Å². The number of nitrogens with zero attached hydrogens (tertiary/aromatic N) is 4. The second-order valence-electron chi connectivity index (χ2n) is 8.33. The molecule has 4 heterocycles. The highest BCUT2D eigenvalue weighted by atomic mass is 15.2. The van der Waals surface area contributed by atoms with E-state index in [0.717, 1.165) is 65.8 Å². The number of aromatic nitrogens is 2. The lowest BCUT2D eigenvalue weighted by molar-refractivity contribution is 0.231. The van der Waals surface area contributed by atoms with Crippen LogP contribution in [0.25, 0.3) is 16.7 Å². The Balaban J connectivity index is 1.36. The summed E-state index contributed by atoms with van der Waals surface area (Å²) in [5.74, 6) is 0.838. The molecular weight excluding hydrogens is 370 g/mol. The van der Waals surface area contributed by atoms with Gasteiger partial charge >= 0.3 is 0 Å². The fourth-order valence-electron chi connectivity index (χ4n) is 4.91. The number of pyridine rings is 1. The quantitative estimate of drug-likeness (QED) is 0.644. The van der Waals surface area contributed by atoms with E-state index in [2.05, 4.69) is 69.7 Å². The van der Waals surface area contributed by atoms with Crippen LogP contribution in [0.3, 0.4) is 0 Å². The first-order chi connectivity index (χ1) is 14.7. The van der Waals surface area contributed by atoms with Crippen molar-refractivity contribution in [1.82, 2.24) is 19.8 Å². The summed E-state index contributed by atoms with van der Waals surface area (Å²) < 4.78 is 2.19. The first-order valence-corrected chi connectivity index (χ1v) is 11.0. The molecule has 0 radical (unpaired) electrons. The molecule has 5 nitrogen and oxygen atoms in total. The van der Waals surface area contributed by atoms with Crippen molar-refractivity contribution in [2.24, 2.45) is 10.9 Å². The maximum Gasteiger partial charge on any atom is 0.140 e. The number of benzene rings is 1. The minimum Gasteiger partial charge on any atom is -0.370 e. The maximum absolute atomic E-state index is 4.78. The van der Waals surface area contributed by atoms with Gasteiger partial charge < -0.3 is 14.8 Å². The van der Waals surface area contributed by atoms with Crippen molar-refractivity contribution in [2.45, 2.75) is 32.4 Å². The predicted octanol–water partition coefficient (Wildman–Crippen LogP) is 4.46. The predicted molar refractivity (Wildman–Crippen MR) is 124 cm³/mol. The number of nitrogens with one attached hydrogen (secondary N) is 1. The van der Waals surface area contributed by atoms with E-state index in [1.165, 1.54) is 12.8 Å². The van der Waals surface area contributed by atoms with Gasteiger partial charge in [0.2, 0.25) is 0 Å². The van der Waals surface area contributed by atoms with E-state index in [-0.39, 0.29) is 0 Å². The van der Waals surface area contributed by atoms with Gasteiger partial charge in [0.05, 0.1) is 17.6 Å². The average molecular weight is 400 g/mol. The fourth-order valence-corrected chi connectivity index (χ4v) is 4.91. The first kappa shape index (κ1) is 19.1. The second-order valence-corrected chi connectivity index (χ2v) is 8.33. The van der Waals surface area contributed by atoms with Gasteiger partial charge in [-0.2, -0.15) is 0 Å². The molecular formula is C25H29N5. The highest BCUT2D eigenvalue weighted by molar-refractivity contribution is 5.89. The zero-order valence-electron chi connectivity index (χ0n) is 17.6. The van der Waals surface area contributed by atoms with E-state index in [4.69, 9.17) is 4.99 Å². The minimum atomic E-state index is 0.612. The first-order valence-electron chi connectivity index (χ1n) is 11.0. The normalized spacial score (nSPS) is 21.4. The smallest absolute Gasteiger partial charge is 0.140 e. The lowest BCUT2D eigenvalue weighted by Gasteiger charge is -2.37. The minimum absolute atomic E-state index is 0.612. The molecule has 2 aromatic heterocycles. The molecule has 0 saturated carbocycles. The van der Waals surface area contributed by atoms with Crippen LogP contribution in [0.5, 0.6) is 0 Å². The number of aryl methyl sites for hydroxylation is 1. The number of hydrogen-bond donors (Lipinski definition) is 1. The van der Waals surface area contributed by atoms with Crippen LogP contribution in [0.2, 0.25) is 0 Å². The number of aliphatic imine (C=N–C) groups is 1. The molecule has 0 aliphatic carbocycles. The summed E-state index contributed by atoms with van der Waals surface area (Å²) >= 11 is 0. The summed E-state index contributed by atoms with van der Waals surface area (Å²) in [5, 5.41) is 4.80. The third-order valence-electron chi connectivity index (χ3n) is 6.59. The summed E-state index contributed by atoms with van der Waals surface area (Å²) in [5.41, 5.74) is 5.28. The highest BCUT2D eigenvalue weighted by Gasteiger charge is 2.33. The molecule has 1 N–H and O–H groups in total. The Morgan fingerprint density at radius 3 is 3.10 bits per heavy atom. The van der Waals surface area contributed by atoms with Gasteiger partial charge in [0, 0.05) is 43.0 Å². The Labute approximate surface area is 178 Å². The van der Waals surface area contributed by atoms with Crippen LogP contribution in [-0.4, -0.2) is 46.3 Å². The third-order valence-corrected chi connectivity index (χ3v) is 6.59. The molecule has 1 aromatic carbocycles. The van der Waals surface area contributed by atoms with Crippen molar-refractivity contribution < 1.29 is 0 Å². The molecule has 0 spiro atoms. The fraction of sp³-hybridized carbons (Fsp3) is 0.360. The topological polar surface area (TPSA) is 45.5 Å². The summed E-state index contributed by atoms with van der Waals surface area (Å²) in [6.45, 7) is 10.7. The van der Waals surface area contributed by atoms with Crippen LogP contribution in [0.1, 0.15) is 31.0 Å². The van der Waals surface area contributed by atoms with E-state index < -0.39 is 0 Å². The number of rotatable bonds is 5. The third kappa shape index (κ3) is 3.54. The molecule has 2 aliphatic heterocycles. The molecule has 2 aliphatic rings. The lowest BCUT2D eigenvalue weighted by Crippen LogP contribution is -2.45. The molecule has 5 heteroatoms. The van der Waals surface area contributed by atoms with Crippen molar-refractivity contribution in [3.8, 4) is 0 Å². The van der Waals surface area contributed by atoms with Crippen molar-refractivity contribution >= 4 is 28.6 Å². The molecule has 2 atom stereocenters. The SMILES string of the molecule is C=C(c1cccc(N=Cc2cc3cccnc3n2CC)c1)N1CC[C@@H]2CCN[C@@H]2C1. The standard InChI is InChI=1S/C25H29N5/c1-3-30-23(15-21-7-5-11-27-25(21)30)16-28-22-8-4-6-20(14-22)18(2)29-13-10-19-9-12-26-24(19)17-29/h4-8,11,14-16,19,24,26H,2-3,9-10,12-13,17H2,1H3/t19-,24+/m0/s1. The zero-order valence-corrected chi connectivity index (χ0v) is 17.6.